The van der Waals surface area contributed by atoms with Gasteiger partial charge in [-0.3, -0.25) is 9.59 Å². The summed E-state index contributed by atoms with van der Waals surface area (Å²) in [5.74, 6) is -0.548. The van der Waals surface area contributed by atoms with Crippen LogP contribution >= 0.6 is 11.6 Å². The maximum absolute atomic E-state index is 12.8. The molecule has 2 fully saturated rings. The number of amides is 1. The molecule has 1 N–H and O–H groups in total. The number of halogens is 1. The molecule has 0 unspecified atom stereocenters. The number of Topliss-reactive ketones (excluding diaryl/α,β-unsaturated/α-hetero) is 1. The van der Waals surface area contributed by atoms with Gasteiger partial charge in [-0.1, -0.05) is 11.6 Å². The second-order valence-electron chi connectivity index (χ2n) is 7.04. The first-order valence-electron chi connectivity index (χ1n) is 9.18. The van der Waals surface area contributed by atoms with E-state index < -0.39 is 17.7 Å². The van der Waals surface area contributed by atoms with E-state index in [1.54, 1.807) is 43.3 Å². The fraction of sp³-hybridized carbons (Fsp3) is 0.333. The van der Waals surface area contributed by atoms with Crippen LogP contribution in [0.25, 0.3) is 5.76 Å². The van der Waals surface area contributed by atoms with Crippen molar-refractivity contribution >= 4 is 29.1 Å². The zero-order valence-corrected chi connectivity index (χ0v) is 16.1. The molecule has 3 heterocycles. The van der Waals surface area contributed by atoms with Gasteiger partial charge in [0, 0.05) is 23.7 Å². The Morgan fingerprint density at radius 3 is 2.57 bits per heavy atom. The molecule has 2 saturated heterocycles. The number of carbonyl (C=O) groups excluding carboxylic acids is 2. The van der Waals surface area contributed by atoms with Crippen LogP contribution in [-0.2, 0) is 14.3 Å². The molecule has 4 rings (SSSR count). The monoisotopic (exact) mass is 401 g/mol. The second-order valence-corrected chi connectivity index (χ2v) is 7.48. The molecular weight excluding hydrogens is 382 g/mol. The van der Waals surface area contributed by atoms with Gasteiger partial charge in [-0.25, -0.2) is 0 Å². The lowest BCUT2D eigenvalue weighted by atomic mass is 9.99. The Kier molecular flexibility index (Phi) is 5.00. The number of hydrogen-bond donors (Lipinski definition) is 1. The SMILES string of the molecule is Cc1ccc([C@H]2C(=C(O)c3ccc(Cl)cc3)C(=O)C(=O)N2C[C@@H]2CCCO2)o1. The number of aliphatic hydroxyl groups is 1. The summed E-state index contributed by atoms with van der Waals surface area (Å²) in [7, 11) is 0. The average molecular weight is 402 g/mol. The Labute approximate surface area is 167 Å². The number of aliphatic hydroxyl groups excluding tert-OH is 1. The van der Waals surface area contributed by atoms with Gasteiger partial charge < -0.3 is 19.2 Å². The summed E-state index contributed by atoms with van der Waals surface area (Å²) in [6.07, 6.45) is 1.61. The quantitative estimate of drug-likeness (QED) is 0.478. The van der Waals surface area contributed by atoms with Crippen molar-refractivity contribution in [3.05, 3.63) is 64.1 Å². The number of benzene rings is 1. The third-order valence-corrected chi connectivity index (χ3v) is 5.36. The molecule has 0 bridgehead atoms. The topological polar surface area (TPSA) is 80.0 Å². The summed E-state index contributed by atoms with van der Waals surface area (Å²) in [6, 6.07) is 9.14. The third-order valence-electron chi connectivity index (χ3n) is 5.11. The first-order chi connectivity index (χ1) is 13.5. The first-order valence-corrected chi connectivity index (χ1v) is 9.56. The smallest absolute Gasteiger partial charge is 0.295 e. The van der Waals surface area contributed by atoms with Gasteiger partial charge in [0.1, 0.15) is 23.3 Å². The molecule has 0 radical (unpaired) electrons. The van der Waals surface area contributed by atoms with E-state index in [1.165, 1.54) is 4.90 Å². The number of rotatable bonds is 4. The molecule has 2 atom stereocenters. The van der Waals surface area contributed by atoms with Crippen molar-refractivity contribution < 1.29 is 23.8 Å². The Morgan fingerprint density at radius 1 is 1.21 bits per heavy atom. The van der Waals surface area contributed by atoms with Gasteiger partial charge in [0.2, 0.25) is 0 Å². The highest BCUT2D eigenvalue weighted by atomic mass is 35.5. The third kappa shape index (κ3) is 3.34. The van der Waals surface area contributed by atoms with Crippen molar-refractivity contribution in [2.24, 2.45) is 0 Å². The van der Waals surface area contributed by atoms with E-state index in [1.807, 2.05) is 0 Å². The van der Waals surface area contributed by atoms with E-state index in [0.29, 0.717) is 28.7 Å². The second kappa shape index (κ2) is 7.45. The molecule has 1 amide bonds. The largest absolute Gasteiger partial charge is 0.507 e. The number of furan rings is 1. The lowest BCUT2D eigenvalue weighted by molar-refractivity contribution is -0.141. The molecule has 0 saturated carbocycles. The summed E-state index contributed by atoms with van der Waals surface area (Å²) >= 11 is 5.92. The van der Waals surface area contributed by atoms with E-state index in [2.05, 4.69) is 0 Å². The molecule has 7 heteroatoms. The van der Waals surface area contributed by atoms with Crippen LogP contribution in [0.3, 0.4) is 0 Å². The van der Waals surface area contributed by atoms with Crippen molar-refractivity contribution in [1.82, 2.24) is 4.90 Å². The van der Waals surface area contributed by atoms with Gasteiger partial charge in [0.25, 0.3) is 11.7 Å². The maximum Gasteiger partial charge on any atom is 0.295 e. The Morgan fingerprint density at radius 2 is 1.96 bits per heavy atom. The Balaban J connectivity index is 1.80. The highest BCUT2D eigenvalue weighted by molar-refractivity contribution is 6.46. The van der Waals surface area contributed by atoms with E-state index in [4.69, 9.17) is 20.8 Å². The van der Waals surface area contributed by atoms with Crippen LogP contribution in [0.1, 0.15) is 36.0 Å². The van der Waals surface area contributed by atoms with Crippen LogP contribution in [0, 0.1) is 6.92 Å². The highest BCUT2D eigenvalue weighted by Gasteiger charge is 2.48. The van der Waals surface area contributed by atoms with Crippen molar-refractivity contribution in [1.29, 1.82) is 0 Å². The van der Waals surface area contributed by atoms with E-state index in [0.717, 1.165) is 12.8 Å². The van der Waals surface area contributed by atoms with Crippen molar-refractivity contribution in [2.75, 3.05) is 13.2 Å². The fourth-order valence-electron chi connectivity index (χ4n) is 3.74. The molecule has 0 spiro atoms. The molecular formula is C21H20ClNO5. The van der Waals surface area contributed by atoms with Crippen molar-refractivity contribution in [2.45, 2.75) is 31.9 Å². The summed E-state index contributed by atoms with van der Waals surface area (Å²) in [6.45, 7) is 2.70. The number of ether oxygens (including phenoxy) is 1. The lowest BCUT2D eigenvalue weighted by Crippen LogP contribution is -2.36. The standard InChI is InChI=1S/C21H20ClNO5/c1-12-4-9-16(28-12)18-17(19(24)13-5-7-14(22)8-6-13)20(25)21(26)23(18)11-15-3-2-10-27-15/h4-9,15,18,24H,2-3,10-11H2,1H3/t15-,18-/m0/s1. The van der Waals surface area contributed by atoms with Gasteiger partial charge in [0.05, 0.1) is 11.7 Å². The maximum atomic E-state index is 12.8. The number of aryl methyl sites for hydroxylation is 1. The summed E-state index contributed by atoms with van der Waals surface area (Å²) in [5.41, 5.74) is 0.424. The number of hydrogen-bond acceptors (Lipinski definition) is 5. The molecule has 0 aliphatic carbocycles. The number of carbonyl (C=O) groups is 2. The Hall–Kier alpha value is -2.57. The van der Waals surface area contributed by atoms with E-state index in [-0.39, 0.29) is 24.0 Å². The van der Waals surface area contributed by atoms with Crippen LogP contribution < -0.4 is 0 Å². The Bertz CT molecular complexity index is 940. The fourth-order valence-corrected chi connectivity index (χ4v) is 3.86. The van der Waals surface area contributed by atoms with Crippen LogP contribution in [0.5, 0.6) is 0 Å². The van der Waals surface area contributed by atoms with Crippen molar-refractivity contribution in [3.63, 3.8) is 0 Å². The number of ketones is 1. The summed E-state index contributed by atoms with van der Waals surface area (Å²) in [4.78, 5) is 27.1. The van der Waals surface area contributed by atoms with Gasteiger partial charge in [-0.05, 0) is 56.2 Å². The molecule has 6 nitrogen and oxygen atoms in total. The molecule has 2 aliphatic heterocycles. The summed E-state index contributed by atoms with van der Waals surface area (Å²) < 4.78 is 11.4. The lowest BCUT2D eigenvalue weighted by Gasteiger charge is -2.25. The molecule has 2 aliphatic rings. The number of likely N-dealkylation sites (tertiary alicyclic amines) is 1. The molecule has 146 valence electrons. The molecule has 1 aromatic carbocycles. The first kappa shape index (κ1) is 18.8. The number of nitrogens with zero attached hydrogens (tertiary/aromatic N) is 1. The van der Waals surface area contributed by atoms with Gasteiger partial charge in [-0.2, -0.15) is 0 Å². The van der Waals surface area contributed by atoms with Crippen LogP contribution in [-0.4, -0.2) is 41.0 Å². The predicted octanol–water partition coefficient (Wildman–Crippen LogP) is 3.84. The van der Waals surface area contributed by atoms with Gasteiger partial charge in [0.15, 0.2) is 0 Å². The average Bonchev–Trinajstić information content (AvgIpc) is 3.39. The van der Waals surface area contributed by atoms with Gasteiger partial charge in [-0.15, -0.1) is 0 Å². The van der Waals surface area contributed by atoms with Crippen LogP contribution in [0.4, 0.5) is 0 Å². The van der Waals surface area contributed by atoms with Gasteiger partial charge >= 0.3 is 0 Å². The summed E-state index contributed by atoms with van der Waals surface area (Å²) in [5, 5.41) is 11.4. The predicted molar refractivity (Wildman–Crippen MR) is 103 cm³/mol. The van der Waals surface area contributed by atoms with E-state index >= 15 is 0 Å². The van der Waals surface area contributed by atoms with Crippen molar-refractivity contribution in [3.8, 4) is 0 Å². The molecule has 28 heavy (non-hydrogen) atoms. The minimum absolute atomic E-state index is 0.0136. The van der Waals surface area contributed by atoms with E-state index in [9.17, 15) is 14.7 Å². The highest BCUT2D eigenvalue weighted by Crippen LogP contribution is 2.40. The van der Waals surface area contributed by atoms with Crippen LogP contribution in [0.2, 0.25) is 5.02 Å². The van der Waals surface area contributed by atoms with Crippen LogP contribution in [0.15, 0.2) is 46.4 Å². The minimum atomic E-state index is -0.798. The zero-order valence-electron chi connectivity index (χ0n) is 15.4. The normalized spacial score (nSPS) is 24.3. The molecule has 1 aromatic heterocycles. The molecule has 2 aromatic rings. The minimum Gasteiger partial charge on any atom is -0.507 e. The zero-order chi connectivity index (χ0) is 19.8.